The number of esters is 1. The Kier molecular flexibility index (Phi) is 7.07. The van der Waals surface area contributed by atoms with Gasteiger partial charge in [-0.2, -0.15) is 0 Å². The number of rotatable bonds is 7. The summed E-state index contributed by atoms with van der Waals surface area (Å²) in [6.45, 7) is 3.78. The zero-order valence-corrected chi connectivity index (χ0v) is 18.9. The number of hydrogen-bond donors (Lipinski definition) is 1. The first kappa shape index (κ1) is 23.5. The predicted molar refractivity (Wildman–Crippen MR) is 127 cm³/mol. The molecule has 1 N–H and O–H groups in total. The molecule has 0 aromatic heterocycles. The van der Waals surface area contributed by atoms with E-state index >= 15 is 0 Å². The van der Waals surface area contributed by atoms with Crippen LogP contribution in [-0.4, -0.2) is 30.9 Å². The highest BCUT2D eigenvalue weighted by Crippen LogP contribution is 2.29. The summed E-state index contributed by atoms with van der Waals surface area (Å²) in [5, 5.41) is 14.3. The largest absolute Gasteiger partial charge is 0.444 e. The number of nitrogens with zero attached hydrogens (tertiary/aromatic N) is 2. The molecule has 0 aliphatic carbocycles. The molecular formula is C25H25N3O5. The van der Waals surface area contributed by atoms with E-state index in [0.29, 0.717) is 16.9 Å². The highest BCUT2D eigenvalue weighted by Gasteiger charge is 2.27. The van der Waals surface area contributed by atoms with Gasteiger partial charge in [0.05, 0.1) is 10.5 Å². The van der Waals surface area contributed by atoms with Gasteiger partial charge >= 0.3 is 5.97 Å². The van der Waals surface area contributed by atoms with Crippen LogP contribution in [0.1, 0.15) is 33.2 Å². The molecule has 3 aromatic carbocycles. The average molecular weight is 447 g/mol. The zero-order chi connectivity index (χ0) is 24.1. The van der Waals surface area contributed by atoms with Crippen molar-refractivity contribution in [1.82, 2.24) is 0 Å². The molecule has 0 spiro atoms. The van der Waals surface area contributed by atoms with E-state index in [2.05, 4.69) is 5.32 Å². The lowest BCUT2D eigenvalue weighted by Gasteiger charge is -2.19. The fourth-order valence-corrected chi connectivity index (χ4v) is 3.32. The Morgan fingerprint density at radius 3 is 2.33 bits per heavy atom. The maximum absolute atomic E-state index is 13.2. The molecule has 0 heterocycles. The minimum atomic E-state index is -1.24. The van der Waals surface area contributed by atoms with Crippen LogP contribution in [0.5, 0.6) is 0 Å². The van der Waals surface area contributed by atoms with Crippen LogP contribution in [0.15, 0.2) is 66.7 Å². The van der Waals surface area contributed by atoms with Crippen LogP contribution in [0.2, 0.25) is 0 Å². The Hall–Kier alpha value is -4.20. The number of nitro groups is 1. The van der Waals surface area contributed by atoms with Crippen molar-refractivity contribution in [2.24, 2.45) is 0 Å². The fraction of sp³-hybridized carbons (Fsp3) is 0.200. The molecule has 3 aromatic rings. The molecule has 1 amide bonds. The van der Waals surface area contributed by atoms with Gasteiger partial charge in [0.1, 0.15) is 5.69 Å². The van der Waals surface area contributed by atoms with Crippen LogP contribution >= 0.6 is 0 Å². The Morgan fingerprint density at radius 1 is 1.00 bits per heavy atom. The van der Waals surface area contributed by atoms with Crippen molar-refractivity contribution in [2.75, 3.05) is 24.3 Å². The first-order valence-corrected chi connectivity index (χ1v) is 10.3. The molecule has 33 heavy (non-hydrogen) atoms. The second-order valence-electron chi connectivity index (χ2n) is 7.86. The number of carbonyl (C=O) groups excluding carboxylic acids is 2. The number of nitrogens with one attached hydrogen (secondary N) is 1. The molecule has 0 aliphatic rings. The third-order valence-corrected chi connectivity index (χ3v) is 5.11. The Morgan fingerprint density at radius 2 is 1.70 bits per heavy atom. The SMILES string of the molecule is Cc1ccc(C)c(NC(=O)C(OC(=O)c2ccc(N(C)C)c([N+](=O)[O-])c2)c2ccccc2)c1. The molecule has 0 fully saturated rings. The molecule has 0 saturated heterocycles. The minimum absolute atomic E-state index is 0.0206. The van der Waals surface area contributed by atoms with Crippen molar-refractivity contribution < 1.29 is 19.2 Å². The van der Waals surface area contributed by atoms with Crippen LogP contribution in [0.3, 0.4) is 0 Å². The van der Waals surface area contributed by atoms with E-state index in [9.17, 15) is 19.7 Å². The van der Waals surface area contributed by atoms with Crippen LogP contribution in [0.4, 0.5) is 17.1 Å². The number of amides is 1. The van der Waals surface area contributed by atoms with Crippen molar-refractivity contribution in [3.05, 3.63) is 99.1 Å². The molecule has 0 radical (unpaired) electrons. The molecular weight excluding hydrogens is 422 g/mol. The van der Waals surface area contributed by atoms with Gasteiger partial charge in [-0.25, -0.2) is 4.79 Å². The summed E-state index contributed by atoms with van der Waals surface area (Å²) in [5.74, 6) is -1.36. The van der Waals surface area contributed by atoms with Gasteiger partial charge in [0.25, 0.3) is 11.6 Å². The Balaban J connectivity index is 1.92. The molecule has 170 valence electrons. The van der Waals surface area contributed by atoms with Gasteiger partial charge in [-0.3, -0.25) is 14.9 Å². The van der Waals surface area contributed by atoms with Crippen LogP contribution < -0.4 is 10.2 Å². The number of nitro benzene ring substituents is 1. The lowest BCUT2D eigenvalue weighted by Crippen LogP contribution is -2.26. The Bertz CT molecular complexity index is 1190. The summed E-state index contributed by atoms with van der Waals surface area (Å²) in [5.41, 5.74) is 3.03. The average Bonchev–Trinajstić information content (AvgIpc) is 2.79. The summed E-state index contributed by atoms with van der Waals surface area (Å²) < 4.78 is 5.57. The van der Waals surface area contributed by atoms with Crippen molar-refractivity contribution in [3.8, 4) is 0 Å². The summed E-state index contributed by atoms with van der Waals surface area (Å²) >= 11 is 0. The standard InChI is InChI=1S/C25H25N3O5/c1-16-10-11-17(2)20(14-16)26-24(29)23(18-8-6-5-7-9-18)33-25(30)19-12-13-21(27(3)4)22(15-19)28(31)32/h5-15,23H,1-4H3,(H,26,29). The first-order chi connectivity index (χ1) is 15.7. The fourth-order valence-electron chi connectivity index (χ4n) is 3.32. The molecule has 0 saturated carbocycles. The number of ether oxygens (including phenoxy) is 1. The summed E-state index contributed by atoms with van der Waals surface area (Å²) in [4.78, 5) is 38.6. The maximum atomic E-state index is 13.2. The second-order valence-corrected chi connectivity index (χ2v) is 7.86. The number of anilines is 2. The van der Waals surface area contributed by atoms with Crippen LogP contribution in [-0.2, 0) is 9.53 Å². The maximum Gasteiger partial charge on any atom is 0.339 e. The van der Waals surface area contributed by atoms with Crippen molar-refractivity contribution in [3.63, 3.8) is 0 Å². The number of hydrogen-bond acceptors (Lipinski definition) is 6. The molecule has 1 atom stereocenters. The van der Waals surface area contributed by atoms with Gasteiger partial charge in [-0.1, -0.05) is 42.5 Å². The van der Waals surface area contributed by atoms with Gasteiger partial charge in [-0.15, -0.1) is 0 Å². The van der Waals surface area contributed by atoms with Gasteiger partial charge < -0.3 is 15.0 Å². The highest BCUT2D eigenvalue weighted by atomic mass is 16.6. The van der Waals surface area contributed by atoms with E-state index in [4.69, 9.17) is 4.74 Å². The number of aryl methyl sites for hydroxylation is 2. The molecule has 0 bridgehead atoms. The van der Waals surface area contributed by atoms with E-state index in [-0.39, 0.29) is 11.3 Å². The third kappa shape index (κ3) is 5.54. The predicted octanol–water partition coefficient (Wildman–Crippen LogP) is 4.81. The summed E-state index contributed by atoms with van der Waals surface area (Å²) in [6, 6.07) is 18.3. The van der Waals surface area contributed by atoms with Crippen LogP contribution in [0.25, 0.3) is 0 Å². The number of benzene rings is 3. The summed E-state index contributed by atoms with van der Waals surface area (Å²) in [6.07, 6.45) is -1.24. The zero-order valence-electron chi connectivity index (χ0n) is 18.9. The van der Waals surface area contributed by atoms with Gasteiger partial charge in [0.2, 0.25) is 6.10 Å². The smallest absolute Gasteiger partial charge is 0.339 e. The van der Waals surface area contributed by atoms with E-state index in [1.165, 1.54) is 12.1 Å². The molecule has 0 aliphatic heterocycles. The quantitative estimate of drug-likeness (QED) is 0.317. The monoisotopic (exact) mass is 447 g/mol. The van der Waals surface area contributed by atoms with Crippen molar-refractivity contribution >= 4 is 28.9 Å². The lowest BCUT2D eigenvalue weighted by atomic mass is 10.1. The normalized spacial score (nSPS) is 11.4. The molecule has 3 rings (SSSR count). The molecule has 8 heteroatoms. The van der Waals surface area contributed by atoms with Crippen molar-refractivity contribution in [2.45, 2.75) is 20.0 Å². The summed E-state index contributed by atoms with van der Waals surface area (Å²) in [7, 11) is 3.34. The van der Waals surface area contributed by atoms with Crippen LogP contribution in [0, 0.1) is 24.0 Å². The number of carbonyl (C=O) groups is 2. The van der Waals surface area contributed by atoms with E-state index in [1.807, 2.05) is 32.0 Å². The first-order valence-electron chi connectivity index (χ1n) is 10.3. The third-order valence-electron chi connectivity index (χ3n) is 5.11. The van der Waals surface area contributed by atoms with Gasteiger partial charge in [-0.05, 0) is 43.2 Å². The second kappa shape index (κ2) is 9.95. The molecule has 1 unspecified atom stereocenters. The van der Waals surface area contributed by atoms with E-state index < -0.39 is 22.9 Å². The topological polar surface area (TPSA) is 102 Å². The molecule has 8 nitrogen and oxygen atoms in total. The van der Waals surface area contributed by atoms with E-state index in [0.717, 1.165) is 17.2 Å². The van der Waals surface area contributed by atoms with Gasteiger partial charge in [0.15, 0.2) is 0 Å². The highest BCUT2D eigenvalue weighted by molar-refractivity contribution is 5.99. The minimum Gasteiger partial charge on any atom is -0.444 e. The Labute approximate surface area is 191 Å². The lowest BCUT2D eigenvalue weighted by molar-refractivity contribution is -0.384. The van der Waals surface area contributed by atoms with Gasteiger partial charge in [0, 0.05) is 31.4 Å². The van der Waals surface area contributed by atoms with E-state index in [1.54, 1.807) is 49.3 Å². The van der Waals surface area contributed by atoms with Crippen molar-refractivity contribution in [1.29, 1.82) is 0 Å².